The van der Waals surface area contributed by atoms with Crippen molar-refractivity contribution in [2.45, 2.75) is 44.6 Å². The van der Waals surface area contributed by atoms with E-state index in [0.29, 0.717) is 0 Å². The van der Waals surface area contributed by atoms with Crippen LogP contribution >= 0.6 is 15.9 Å². The van der Waals surface area contributed by atoms with Gasteiger partial charge in [0.15, 0.2) is 0 Å². The molecular weight excluding hydrogens is 288 g/mol. The molecule has 2 fully saturated rings. The highest BCUT2D eigenvalue weighted by molar-refractivity contribution is 9.10. The summed E-state index contributed by atoms with van der Waals surface area (Å²) in [4.78, 5) is 2.57. The molecule has 1 saturated heterocycles. The van der Waals surface area contributed by atoms with Crippen LogP contribution in [0.4, 0.5) is 11.4 Å². The van der Waals surface area contributed by atoms with E-state index in [0.717, 1.165) is 22.1 Å². The predicted octanol–water partition coefficient (Wildman–Crippen LogP) is 4.19. The zero-order chi connectivity index (χ0) is 12.5. The maximum Gasteiger partial charge on any atom is 0.0613 e. The lowest BCUT2D eigenvalue weighted by Gasteiger charge is -2.32. The van der Waals surface area contributed by atoms with Crippen molar-refractivity contribution in [2.75, 3.05) is 17.2 Å². The zero-order valence-corrected chi connectivity index (χ0v) is 12.3. The van der Waals surface area contributed by atoms with Gasteiger partial charge in [-0.3, -0.25) is 0 Å². The molecule has 1 aliphatic heterocycles. The van der Waals surface area contributed by atoms with Crippen LogP contribution in [0.5, 0.6) is 0 Å². The molecule has 1 aromatic rings. The third kappa shape index (κ3) is 2.25. The number of benzene rings is 1. The first kappa shape index (κ1) is 12.3. The molecule has 98 valence electrons. The van der Waals surface area contributed by atoms with Crippen LogP contribution in [0, 0.1) is 5.92 Å². The van der Waals surface area contributed by atoms with Crippen molar-refractivity contribution >= 4 is 27.3 Å². The second-order valence-electron chi connectivity index (χ2n) is 5.65. The molecule has 0 amide bonds. The molecule has 1 unspecified atom stereocenters. The second kappa shape index (κ2) is 5.12. The van der Waals surface area contributed by atoms with Crippen LogP contribution in [0.1, 0.15) is 38.5 Å². The number of nitrogens with zero attached hydrogens (tertiary/aromatic N) is 1. The van der Waals surface area contributed by atoms with Gasteiger partial charge in [-0.1, -0.05) is 28.8 Å². The molecule has 0 aromatic heterocycles. The molecule has 0 bridgehead atoms. The van der Waals surface area contributed by atoms with Gasteiger partial charge in [0.25, 0.3) is 0 Å². The Bertz CT molecular complexity index is 427. The summed E-state index contributed by atoms with van der Waals surface area (Å²) in [5.41, 5.74) is 8.32. The van der Waals surface area contributed by atoms with E-state index >= 15 is 0 Å². The van der Waals surface area contributed by atoms with Gasteiger partial charge in [-0.15, -0.1) is 0 Å². The number of nitrogen functional groups attached to an aromatic ring is 1. The van der Waals surface area contributed by atoms with E-state index in [-0.39, 0.29) is 0 Å². The SMILES string of the molecule is Nc1ccc(Br)cc1N1CCCC1C1CCCC1. The first-order valence-corrected chi connectivity index (χ1v) is 7.86. The summed E-state index contributed by atoms with van der Waals surface area (Å²) in [6, 6.07) is 6.95. The Morgan fingerprint density at radius 2 is 1.89 bits per heavy atom. The van der Waals surface area contributed by atoms with Gasteiger partial charge in [-0.2, -0.15) is 0 Å². The van der Waals surface area contributed by atoms with Crippen molar-refractivity contribution in [3.63, 3.8) is 0 Å². The van der Waals surface area contributed by atoms with Crippen molar-refractivity contribution in [2.24, 2.45) is 5.92 Å². The Labute approximate surface area is 118 Å². The van der Waals surface area contributed by atoms with Crippen molar-refractivity contribution in [3.05, 3.63) is 22.7 Å². The van der Waals surface area contributed by atoms with Crippen LogP contribution in [-0.4, -0.2) is 12.6 Å². The number of rotatable bonds is 2. The normalized spacial score (nSPS) is 24.9. The lowest BCUT2D eigenvalue weighted by atomic mass is 9.95. The molecular formula is C15H21BrN2. The summed E-state index contributed by atoms with van der Waals surface area (Å²) >= 11 is 3.56. The van der Waals surface area contributed by atoms with Crippen molar-refractivity contribution in [1.29, 1.82) is 0 Å². The summed E-state index contributed by atoms with van der Waals surface area (Å²) in [6.45, 7) is 1.17. The summed E-state index contributed by atoms with van der Waals surface area (Å²) in [6.07, 6.45) is 8.32. The highest BCUT2D eigenvalue weighted by Crippen LogP contribution is 2.40. The van der Waals surface area contributed by atoms with Crippen LogP contribution in [0.25, 0.3) is 0 Å². The third-order valence-electron chi connectivity index (χ3n) is 4.55. The van der Waals surface area contributed by atoms with Crippen molar-refractivity contribution in [3.8, 4) is 0 Å². The Morgan fingerprint density at radius 3 is 2.67 bits per heavy atom. The van der Waals surface area contributed by atoms with E-state index in [4.69, 9.17) is 5.73 Å². The molecule has 1 aliphatic carbocycles. The average Bonchev–Trinajstić information content (AvgIpc) is 3.00. The van der Waals surface area contributed by atoms with Crippen molar-refractivity contribution < 1.29 is 0 Å². The number of hydrogen-bond acceptors (Lipinski definition) is 2. The first-order valence-electron chi connectivity index (χ1n) is 7.07. The number of halogens is 1. The minimum atomic E-state index is 0.726. The quantitative estimate of drug-likeness (QED) is 0.830. The van der Waals surface area contributed by atoms with E-state index in [1.807, 2.05) is 12.1 Å². The molecule has 0 radical (unpaired) electrons. The van der Waals surface area contributed by atoms with Gasteiger partial charge in [-0.25, -0.2) is 0 Å². The van der Waals surface area contributed by atoms with Crippen LogP contribution in [0.2, 0.25) is 0 Å². The van der Waals surface area contributed by atoms with Gasteiger partial charge < -0.3 is 10.6 Å². The third-order valence-corrected chi connectivity index (χ3v) is 5.04. The Morgan fingerprint density at radius 1 is 1.11 bits per heavy atom. The minimum Gasteiger partial charge on any atom is -0.397 e. The molecule has 3 heteroatoms. The highest BCUT2D eigenvalue weighted by Gasteiger charge is 2.34. The van der Waals surface area contributed by atoms with Gasteiger partial charge >= 0.3 is 0 Å². The van der Waals surface area contributed by atoms with Gasteiger partial charge in [0.05, 0.1) is 11.4 Å². The Balaban J connectivity index is 1.87. The fraction of sp³-hybridized carbons (Fsp3) is 0.600. The van der Waals surface area contributed by atoms with Crippen LogP contribution < -0.4 is 10.6 Å². The predicted molar refractivity (Wildman–Crippen MR) is 80.9 cm³/mol. The molecule has 2 nitrogen and oxygen atoms in total. The Kier molecular flexibility index (Phi) is 3.51. The topological polar surface area (TPSA) is 29.3 Å². The lowest BCUT2D eigenvalue weighted by molar-refractivity contribution is 0.431. The fourth-order valence-corrected chi connectivity index (χ4v) is 4.04. The maximum absolute atomic E-state index is 6.17. The molecule has 1 heterocycles. The maximum atomic E-state index is 6.17. The lowest BCUT2D eigenvalue weighted by Crippen LogP contribution is -2.35. The summed E-state index contributed by atoms with van der Waals surface area (Å²) in [7, 11) is 0. The van der Waals surface area contributed by atoms with Crippen molar-refractivity contribution in [1.82, 2.24) is 0 Å². The monoisotopic (exact) mass is 308 g/mol. The van der Waals surface area contributed by atoms with E-state index in [9.17, 15) is 0 Å². The van der Waals surface area contributed by atoms with Crippen LogP contribution in [-0.2, 0) is 0 Å². The molecule has 1 aromatic carbocycles. The Hall–Kier alpha value is -0.700. The summed E-state index contributed by atoms with van der Waals surface area (Å²) in [5.74, 6) is 0.894. The highest BCUT2D eigenvalue weighted by atomic mass is 79.9. The summed E-state index contributed by atoms with van der Waals surface area (Å²) < 4.78 is 1.13. The van der Waals surface area contributed by atoms with Gasteiger partial charge in [-0.05, 0) is 49.8 Å². The number of hydrogen-bond donors (Lipinski definition) is 1. The molecule has 2 aliphatic rings. The molecule has 2 N–H and O–H groups in total. The molecule has 18 heavy (non-hydrogen) atoms. The van der Waals surface area contributed by atoms with E-state index in [1.54, 1.807) is 0 Å². The largest absolute Gasteiger partial charge is 0.397 e. The van der Waals surface area contributed by atoms with Crippen LogP contribution in [0.3, 0.4) is 0 Å². The molecule has 1 saturated carbocycles. The van der Waals surface area contributed by atoms with Gasteiger partial charge in [0.1, 0.15) is 0 Å². The smallest absolute Gasteiger partial charge is 0.0613 e. The van der Waals surface area contributed by atoms with Gasteiger partial charge in [0, 0.05) is 17.1 Å². The van der Waals surface area contributed by atoms with Gasteiger partial charge in [0.2, 0.25) is 0 Å². The first-order chi connectivity index (χ1) is 8.75. The van der Waals surface area contributed by atoms with E-state index in [1.165, 1.54) is 50.8 Å². The molecule has 3 rings (SSSR count). The zero-order valence-electron chi connectivity index (χ0n) is 10.7. The minimum absolute atomic E-state index is 0.726. The standard InChI is InChI=1S/C15H21BrN2/c16-12-7-8-13(17)15(10-12)18-9-3-6-14(18)11-4-1-2-5-11/h7-8,10-11,14H,1-6,9,17H2. The van der Waals surface area contributed by atoms with E-state index < -0.39 is 0 Å². The fourth-order valence-electron chi connectivity index (χ4n) is 3.69. The van der Waals surface area contributed by atoms with E-state index in [2.05, 4.69) is 26.9 Å². The second-order valence-corrected chi connectivity index (χ2v) is 6.57. The van der Waals surface area contributed by atoms with Crippen LogP contribution in [0.15, 0.2) is 22.7 Å². The molecule has 1 atom stereocenters. The summed E-state index contributed by atoms with van der Waals surface area (Å²) in [5, 5.41) is 0. The molecule has 0 spiro atoms. The number of nitrogens with two attached hydrogens (primary N) is 1. The average molecular weight is 309 g/mol. The number of anilines is 2.